The van der Waals surface area contributed by atoms with Crippen molar-refractivity contribution in [3.8, 4) is 0 Å². The van der Waals surface area contributed by atoms with Gasteiger partial charge in [-0.1, -0.05) is 0 Å². The molecule has 0 aliphatic carbocycles. The lowest BCUT2D eigenvalue weighted by atomic mass is 10.1. The van der Waals surface area contributed by atoms with E-state index in [1.165, 1.54) is 18.6 Å². The van der Waals surface area contributed by atoms with Gasteiger partial charge in [0.15, 0.2) is 0 Å². The van der Waals surface area contributed by atoms with E-state index in [9.17, 15) is 14.9 Å². The molecular weight excluding hydrogens is 278 g/mol. The average Bonchev–Trinajstić information content (AvgIpc) is 2.97. The van der Waals surface area contributed by atoms with Crippen molar-refractivity contribution in [2.45, 2.75) is 18.1 Å². The largest absolute Gasteiger partial charge is 0.388 e. The molecule has 1 atom stereocenters. The molecule has 1 aliphatic rings. The van der Waals surface area contributed by atoms with Crippen LogP contribution in [0.4, 0.5) is 11.4 Å². The number of hydrogen-bond acceptors (Lipinski definition) is 5. The normalized spacial score (nSPS) is 17.8. The van der Waals surface area contributed by atoms with Crippen LogP contribution in [0, 0.1) is 10.1 Å². The second kappa shape index (κ2) is 6.60. The van der Waals surface area contributed by atoms with E-state index >= 15 is 0 Å². The lowest BCUT2D eigenvalue weighted by Crippen LogP contribution is -2.30. The van der Waals surface area contributed by atoms with Gasteiger partial charge in [0.05, 0.1) is 4.92 Å². The molecule has 2 N–H and O–H groups in total. The van der Waals surface area contributed by atoms with Gasteiger partial charge in [-0.3, -0.25) is 14.9 Å². The van der Waals surface area contributed by atoms with Crippen LogP contribution in [0.3, 0.4) is 0 Å². The molecule has 0 aromatic heterocycles. The molecule has 0 bridgehead atoms. The summed E-state index contributed by atoms with van der Waals surface area (Å²) in [5, 5.41) is 17.1. The number of rotatable bonds is 5. The Hall–Kier alpha value is -1.76. The SMILES string of the molecule is CNc1ccc([N+](=O)[O-])c(C(=O)NCC2CCCS2)c1. The average molecular weight is 295 g/mol. The number of anilines is 1. The van der Waals surface area contributed by atoms with Gasteiger partial charge in [-0.05, 0) is 30.7 Å². The summed E-state index contributed by atoms with van der Waals surface area (Å²) in [6.07, 6.45) is 2.25. The van der Waals surface area contributed by atoms with Crippen LogP contribution >= 0.6 is 11.8 Å². The highest BCUT2D eigenvalue weighted by atomic mass is 32.2. The summed E-state index contributed by atoms with van der Waals surface area (Å²) in [5.41, 5.74) is 0.612. The molecule has 1 aromatic rings. The van der Waals surface area contributed by atoms with Gasteiger partial charge >= 0.3 is 0 Å². The number of nitrogens with zero attached hydrogens (tertiary/aromatic N) is 1. The van der Waals surface area contributed by atoms with Gasteiger partial charge < -0.3 is 10.6 Å². The summed E-state index contributed by atoms with van der Waals surface area (Å²) in [7, 11) is 1.71. The molecule has 1 amide bonds. The molecule has 108 valence electrons. The zero-order chi connectivity index (χ0) is 14.5. The predicted octanol–water partition coefficient (Wildman–Crippen LogP) is 2.26. The van der Waals surface area contributed by atoms with E-state index in [2.05, 4.69) is 10.6 Å². The van der Waals surface area contributed by atoms with Crippen molar-refractivity contribution >= 4 is 29.0 Å². The fourth-order valence-electron chi connectivity index (χ4n) is 2.14. The van der Waals surface area contributed by atoms with Crippen molar-refractivity contribution in [1.29, 1.82) is 0 Å². The minimum Gasteiger partial charge on any atom is -0.388 e. The Bertz CT molecular complexity index is 516. The molecule has 1 unspecified atom stereocenters. The van der Waals surface area contributed by atoms with Gasteiger partial charge in [-0.25, -0.2) is 0 Å². The third kappa shape index (κ3) is 3.41. The minimum atomic E-state index is -0.529. The van der Waals surface area contributed by atoms with Crippen molar-refractivity contribution in [1.82, 2.24) is 5.32 Å². The summed E-state index contributed by atoms with van der Waals surface area (Å²) in [6.45, 7) is 0.560. The zero-order valence-corrected chi connectivity index (χ0v) is 12.0. The third-order valence-electron chi connectivity index (χ3n) is 3.24. The van der Waals surface area contributed by atoms with E-state index in [-0.39, 0.29) is 17.2 Å². The Kier molecular flexibility index (Phi) is 4.84. The Balaban J connectivity index is 2.11. The van der Waals surface area contributed by atoms with E-state index in [0.29, 0.717) is 17.5 Å². The van der Waals surface area contributed by atoms with Gasteiger partial charge in [0.25, 0.3) is 11.6 Å². The molecule has 0 radical (unpaired) electrons. The van der Waals surface area contributed by atoms with Crippen LogP contribution in [0.15, 0.2) is 18.2 Å². The quantitative estimate of drug-likeness (QED) is 0.643. The van der Waals surface area contributed by atoms with Crippen LogP contribution in [-0.4, -0.2) is 35.4 Å². The van der Waals surface area contributed by atoms with E-state index in [1.54, 1.807) is 13.1 Å². The molecule has 20 heavy (non-hydrogen) atoms. The second-order valence-corrected chi connectivity index (χ2v) is 5.99. The highest BCUT2D eigenvalue weighted by molar-refractivity contribution is 8.00. The number of carbonyl (C=O) groups is 1. The standard InChI is InChI=1S/C13H17N3O3S/c1-14-9-4-5-12(16(18)19)11(7-9)13(17)15-8-10-3-2-6-20-10/h4-5,7,10,14H,2-3,6,8H2,1H3,(H,15,17). The number of amides is 1. The van der Waals surface area contributed by atoms with Crippen molar-refractivity contribution < 1.29 is 9.72 Å². The van der Waals surface area contributed by atoms with Gasteiger partial charge in [0.1, 0.15) is 5.56 Å². The fourth-order valence-corrected chi connectivity index (χ4v) is 3.34. The predicted molar refractivity (Wildman–Crippen MR) is 80.5 cm³/mol. The summed E-state index contributed by atoms with van der Waals surface area (Å²) < 4.78 is 0. The molecule has 1 aromatic carbocycles. The van der Waals surface area contributed by atoms with E-state index in [1.807, 2.05) is 11.8 Å². The number of benzene rings is 1. The van der Waals surface area contributed by atoms with Crippen LogP contribution in [-0.2, 0) is 0 Å². The first-order valence-corrected chi connectivity index (χ1v) is 7.52. The van der Waals surface area contributed by atoms with Crippen molar-refractivity contribution in [3.05, 3.63) is 33.9 Å². The van der Waals surface area contributed by atoms with Gasteiger partial charge in [-0.15, -0.1) is 0 Å². The number of nitro groups is 1. The molecule has 0 spiro atoms. The van der Waals surface area contributed by atoms with Crippen molar-refractivity contribution in [3.63, 3.8) is 0 Å². The number of hydrogen-bond donors (Lipinski definition) is 2. The molecule has 1 heterocycles. The second-order valence-electron chi connectivity index (χ2n) is 4.58. The molecule has 1 fully saturated rings. The summed E-state index contributed by atoms with van der Waals surface area (Å²) in [5.74, 6) is 0.733. The fraction of sp³-hybridized carbons (Fsp3) is 0.462. The van der Waals surface area contributed by atoms with Crippen LogP contribution in [0.1, 0.15) is 23.2 Å². The number of carbonyl (C=O) groups excluding carboxylic acids is 1. The first-order chi connectivity index (χ1) is 9.61. The molecule has 0 saturated carbocycles. The number of nitrogens with one attached hydrogen (secondary N) is 2. The van der Waals surface area contributed by atoms with Crippen LogP contribution < -0.4 is 10.6 Å². The Morgan fingerprint density at radius 1 is 1.55 bits per heavy atom. The maximum absolute atomic E-state index is 12.1. The molecule has 7 heteroatoms. The molecule has 2 rings (SSSR count). The lowest BCUT2D eigenvalue weighted by Gasteiger charge is -2.11. The first-order valence-electron chi connectivity index (χ1n) is 6.48. The van der Waals surface area contributed by atoms with Gasteiger partial charge in [-0.2, -0.15) is 11.8 Å². The monoisotopic (exact) mass is 295 g/mol. The number of nitro benzene ring substituents is 1. The lowest BCUT2D eigenvalue weighted by molar-refractivity contribution is -0.385. The van der Waals surface area contributed by atoms with Crippen LogP contribution in [0.5, 0.6) is 0 Å². The summed E-state index contributed by atoms with van der Waals surface area (Å²) in [4.78, 5) is 22.6. The van der Waals surface area contributed by atoms with E-state index in [0.717, 1.165) is 12.2 Å². The number of thioether (sulfide) groups is 1. The van der Waals surface area contributed by atoms with Gasteiger partial charge in [0.2, 0.25) is 0 Å². The molecule has 1 aliphatic heterocycles. The van der Waals surface area contributed by atoms with Gasteiger partial charge in [0, 0.05) is 30.6 Å². The van der Waals surface area contributed by atoms with Crippen LogP contribution in [0.2, 0.25) is 0 Å². The topological polar surface area (TPSA) is 84.3 Å². The molecular formula is C13H17N3O3S. The van der Waals surface area contributed by atoms with E-state index < -0.39 is 4.92 Å². The molecule has 1 saturated heterocycles. The molecule has 6 nitrogen and oxygen atoms in total. The third-order valence-corrected chi connectivity index (χ3v) is 4.64. The summed E-state index contributed by atoms with van der Waals surface area (Å²) in [6, 6.07) is 4.45. The Morgan fingerprint density at radius 3 is 2.95 bits per heavy atom. The highest BCUT2D eigenvalue weighted by Gasteiger charge is 2.22. The van der Waals surface area contributed by atoms with Crippen LogP contribution in [0.25, 0.3) is 0 Å². The maximum atomic E-state index is 12.1. The minimum absolute atomic E-state index is 0.102. The maximum Gasteiger partial charge on any atom is 0.282 e. The highest BCUT2D eigenvalue weighted by Crippen LogP contribution is 2.26. The summed E-state index contributed by atoms with van der Waals surface area (Å²) >= 11 is 1.84. The van der Waals surface area contributed by atoms with Crippen molar-refractivity contribution in [2.75, 3.05) is 24.7 Å². The Morgan fingerprint density at radius 2 is 2.35 bits per heavy atom. The zero-order valence-electron chi connectivity index (χ0n) is 11.2. The van der Waals surface area contributed by atoms with E-state index in [4.69, 9.17) is 0 Å². The Labute approximate surface area is 121 Å². The smallest absolute Gasteiger partial charge is 0.282 e. The first kappa shape index (κ1) is 14.6. The van der Waals surface area contributed by atoms with Crippen molar-refractivity contribution in [2.24, 2.45) is 0 Å².